The van der Waals surface area contributed by atoms with E-state index in [9.17, 15) is 9.18 Å². The SMILES string of the molecule is COc1ccc(NC(=O)c2c(N=Cc3cccc(F)c3)sc3c2CCCCC3)cc1. The molecular weight excluding hydrogens is 399 g/mol. The number of carbonyl (C=O) groups is 1. The predicted molar refractivity (Wildman–Crippen MR) is 120 cm³/mol. The lowest BCUT2D eigenvalue weighted by Gasteiger charge is -2.08. The van der Waals surface area contributed by atoms with Crippen LogP contribution in [0.4, 0.5) is 15.1 Å². The Labute approximate surface area is 179 Å². The Balaban J connectivity index is 1.67. The molecule has 1 aliphatic carbocycles. The van der Waals surface area contributed by atoms with Crippen molar-refractivity contribution in [3.8, 4) is 5.75 Å². The number of hydrogen-bond donors (Lipinski definition) is 1. The first-order valence-corrected chi connectivity index (χ1v) is 10.9. The minimum absolute atomic E-state index is 0.161. The molecule has 2 aromatic carbocycles. The lowest BCUT2D eigenvalue weighted by atomic mass is 10.0. The van der Waals surface area contributed by atoms with Gasteiger partial charge >= 0.3 is 0 Å². The summed E-state index contributed by atoms with van der Waals surface area (Å²) < 4.78 is 18.7. The van der Waals surface area contributed by atoms with Gasteiger partial charge in [0.15, 0.2) is 0 Å². The molecule has 0 saturated heterocycles. The average Bonchev–Trinajstić information content (AvgIpc) is 2.94. The van der Waals surface area contributed by atoms with Gasteiger partial charge in [0.05, 0.1) is 12.7 Å². The Bertz CT molecular complexity index is 1070. The Hall–Kier alpha value is -2.99. The first kappa shape index (κ1) is 20.3. The molecule has 154 valence electrons. The number of carbonyl (C=O) groups excluding carboxylic acids is 1. The van der Waals surface area contributed by atoms with Crippen molar-refractivity contribution in [3.05, 3.63) is 75.9 Å². The minimum atomic E-state index is -0.307. The quantitative estimate of drug-likeness (QED) is 0.395. The number of methoxy groups -OCH3 is 1. The second-order valence-electron chi connectivity index (χ2n) is 7.24. The third-order valence-electron chi connectivity index (χ3n) is 5.16. The molecule has 4 rings (SSSR count). The van der Waals surface area contributed by atoms with Gasteiger partial charge in [0, 0.05) is 16.8 Å². The van der Waals surface area contributed by atoms with Crippen molar-refractivity contribution in [3.63, 3.8) is 0 Å². The lowest BCUT2D eigenvalue weighted by molar-refractivity contribution is 0.102. The van der Waals surface area contributed by atoms with Crippen LogP contribution in [0.2, 0.25) is 0 Å². The summed E-state index contributed by atoms with van der Waals surface area (Å²) in [5.74, 6) is 0.266. The van der Waals surface area contributed by atoms with Gasteiger partial charge in [-0.05, 0) is 73.2 Å². The van der Waals surface area contributed by atoms with E-state index in [2.05, 4.69) is 10.3 Å². The zero-order valence-electron chi connectivity index (χ0n) is 16.8. The van der Waals surface area contributed by atoms with Crippen LogP contribution in [-0.2, 0) is 12.8 Å². The molecule has 30 heavy (non-hydrogen) atoms. The maximum atomic E-state index is 13.5. The summed E-state index contributed by atoms with van der Waals surface area (Å²) in [6.07, 6.45) is 6.84. The Kier molecular flexibility index (Phi) is 6.23. The zero-order chi connectivity index (χ0) is 20.9. The number of amides is 1. The van der Waals surface area contributed by atoms with Crippen LogP contribution in [0.1, 0.15) is 45.6 Å². The van der Waals surface area contributed by atoms with Crippen molar-refractivity contribution < 1.29 is 13.9 Å². The fraction of sp³-hybridized carbons (Fsp3) is 0.250. The van der Waals surface area contributed by atoms with E-state index in [4.69, 9.17) is 4.74 Å². The van der Waals surface area contributed by atoms with Crippen molar-refractivity contribution >= 4 is 34.1 Å². The maximum absolute atomic E-state index is 13.5. The van der Waals surface area contributed by atoms with Gasteiger partial charge in [-0.1, -0.05) is 18.6 Å². The summed E-state index contributed by atoms with van der Waals surface area (Å²) in [7, 11) is 1.61. The number of rotatable bonds is 5. The highest BCUT2D eigenvalue weighted by molar-refractivity contribution is 7.16. The third kappa shape index (κ3) is 4.60. The van der Waals surface area contributed by atoms with Crippen molar-refractivity contribution in [2.75, 3.05) is 12.4 Å². The van der Waals surface area contributed by atoms with Gasteiger partial charge in [-0.3, -0.25) is 4.79 Å². The van der Waals surface area contributed by atoms with Gasteiger partial charge in [0.2, 0.25) is 0 Å². The van der Waals surface area contributed by atoms with Gasteiger partial charge in [-0.25, -0.2) is 9.38 Å². The summed E-state index contributed by atoms with van der Waals surface area (Å²) >= 11 is 1.57. The minimum Gasteiger partial charge on any atom is -0.497 e. The third-order valence-corrected chi connectivity index (χ3v) is 6.36. The molecule has 3 aromatic rings. The van der Waals surface area contributed by atoms with Crippen LogP contribution >= 0.6 is 11.3 Å². The van der Waals surface area contributed by atoms with Crippen LogP contribution < -0.4 is 10.1 Å². The average molecular weight is 423 g/mol. The molecule has 1 amide bonds. The second-order valence-corrected chi connectivity index (χ2v) is 8.32. The van der Waals surface area contributed by atoms with Crippen LogP contribution in [0.3, 0.4) is 0 Å². The summed E-state index contributed by atoms with van der Waals surface area (Å²) in [6, 6.07) is 13.5. The molecule has 0 fully saturated rings. The Morgan fingerprint density at radius 3 is 2.70 bits per heavy atom. The number of ether oxygens (including phenoxy) is 1. The van der Waals surface area contributed by atoms with E-state index in [1.54, 1.807) is 36.8 Å². The van der Waals surface area contributed by atoms with Crippen molar-refractivity contribution in [2.45, 2.75) is 32.1 Å². The van der Waals surface area contributed by atoms with Gasteiger partial charge in [0.25, 0.3) is 5.91 Å². The summed E-state index contributed by atoms with van der Waals surface area (Å²) in [4.78, 5) is 19.1. The van der Waals surface area contributed by atoms with E-state index >= 15 is 0 Å². The standard InChI is InChI=1S/C24H23FN2O2S/c1-29-19-12-10-18(11-13-19)27-23(28)22-20-8-3-2-4-9-21(20)30-24(22)26-15-16-6-5-7-17(25)14-16/h5-7,10-15H,2-4,8-9H2,1H3,(H,27,28). The van der Waals surface area contributed by atoms with E-state index in [0.717, 1.165) is 37.0 Å². The number of hydrogen-bond acceptors (Lipinski definition) is 4. The summed E-state index contributed by atoms with van der Waals surface area (Å²) in [5.41, 5.74) is 3.12. The fourth-order valence-corrected chi connectivity index (χ4v) is 4.87. The smallest absolute Gasteiger partial charge is 0.259 e. The molecule has 1 heterocycles. The Morgan fingerprint density at radius 2 is 1.93 bits per heavy atom. The van der Waals surface area contributed by atoms with Gasteiger partial charge in [0.1, 0.15) is 16.6 Å². The molecule has 6 heteroatoms. The van der Waals surface area contributed by atoms with E-state index in [-0.39, 0.29) is 11.7 Å². The van der Waals surface area contributed by atoms with Crippen LogP contribution in [0, 0.1) is 5.82 Å². The number of fused-ring (bicyclic) bond motifs is 1. The number of halogens is 1. The molecule has 0 spiro atoms. The Morgan fingerprint density at radius 1 is 1.13 bits per heavy atom. The molecule has 0 radical (unpaired) electrons. The van der Waals surface area contributed by atoms with E-state index in [1.807, 2.05) is 24.3 Å². The number of aliphatic imine (C=N–C) groups is 1. The molecule has 0 saturated carbocycles. The predicted octanol–water partition coefficient (Wildman–Crippen LogP) is 6.17. The molecule has 0 unspecified atom stereocenters. The fourth-order valence-electron chi connectivity index (χ4n) is 3.64. The van der Waals surface area contributed by atoms with E-state index in [1.165, 1.54) is 23.4 Å². The molecule has 4 nitrogen and oxygen atoms in total. The summed E-state index contributed by atoms with van der Waals surface area (Å²) in [6.45, 7) is 0. The van der Waals surface area contributed by atoms with Crippen LogP contribution in [0.25, 0.3) is 0 Å². The van der Waals surface area contributed by atoms with Crippen LogP contribution in [0.5, 0.6) is 5.75 Å². The maximum Gasteiger partial charge on any atom is 0.259 e. The topological polar surface area (TPSA) is 50.7 Å². The highest BCUT2D eigenvalue weighted by atomic mass is 32.1. The van der Waals surface area contributed by atoms with Crippen LogP contribution in [0.15, 0.2) is 53.5 Å². The van der Waals surface area contributed by atoms with Crippen LogP contribution in [-0.4, -0.2) is 19.2 Å². The summed E-state index contributed by atoms with van der Waals surface area (Å²) in [5, 5.41) is 3.67. The van der Waals surface area contributed by atoms with E-state index in [0.29, 0.717) is 21.8 Å². The zero-order valence-corrected chi connectivity index (χ0v) is 17.6. The lowest BCUT2D eigenvalue weighted by Crippen LogP contribution is -2.13. The van der Waals surface area contributed by atoms with Gasteiger partial charge in [-0.2, -0.15) is 0 Å². The van der Waals surface area contributed by atoms with Gasteiger partial charge < -0.3 is 10.1 Å². The molecule has 1 aromatic heterocycles. The number of aryl methyl sites for hydroxylation is 1. The number of anilines is 1. The molecule has 0 bridgehead atoms. The van der Waals surface area contributed by atoms with Crippen molar-refractivity contribution in [1.82, 2.24) is 0 Å². The number of nitrogens with zero attached hydrogens (tertiary/aromatic N) is 1. The van der Waals surface area contributed by atoms with Gasteiger partial charge in [-0.15, -0.1) is 11.3 Å². The normalized spacial score (nSPS) is 13.7. The molecular formula is C24H23FN2O2S. The highest BCUT2D eigenvalue weighted by Gasteiger charge is 2.24. The highest BCUT2D eigenvalue weighted by Crippen LogP contribution is 2.39. The monoisotopic (exact) mass is 422 g/mol. The van der Waals surface area contributed by atoms with E-state index < -0.39 is 0 Å². The first-order valence-electron chi connectivity index (χ1n) is 10.0. The molecule has 1 N–H and O–H groups in total. The number of nitrogens with one attached hydrogen (secondary N) is 1. The molecule has 0 aliphatic heterocycles. The molecule has 0 atom stereocenters. The largest absolute Gasteiger partial charge is 0.497 e. The first-order chi connectivity index (χ1) is 14.6. The number of benzene rings is 2. The number of thiophene rings is 1. The second kappa shape index (κ2) is 9.22. The van der Waals surface area contributed by atoms with Crippen molar-refractivity contribution in [2.24, 2.45) is 4.99 Å². The van der Waals surface area contributed by atoms with Crippen molar-refractivity contribution in [1.29, 1.82) is 0 Å². The molecule has 1 aliphatic rings.